The third kappa shape index (κ3) is 4.92. The second kappa shape index (κ2) is 7.44. The summed E-state index contributed by atoms with van der Waals surface area (Å²) in [5.74, 6) is 0. The van der Waals surface area contributed by atoms with Crippen LogP contribution in [0.25, 0.3) is 0 Å². The second-order valence-corrected chi connectivity index (χ2v) is 6.72. The summed E-state index contributed by atoms with van der Waals surface area (Å²) in [7, 11) is 0. The predicted octanol–water partition coefficient (Wildman–Crippen LogP) is 3.94. The van der Waals surface area contributed by atoms with Gasteiger partial charge in [-0.3, -0.25) is 0 Å². The summed E-state index contributed by atoms with van der Waals surface area (Å²) >= 11 is 0. The first kappa shape index (κ1) is 15.1. The van der Waals surface area contributed by atoms with Crippen LogP contribution in [0.2, 0.25) is 0 Å². The SMILES string of the molecule is C=CCCCCCCCCC1(O)CC2CCC(C1)N2. The van der Waals surface area contributed by atoms with Crippen molar-refractivity contribution >= 4 is 0 Å². The molecule has 0 radical (unpaired) electrons. The highest BCUT2D eigenvalue weighted by Gasteiger charge is 2.41. The molecule has 2 bridgehead atoms. The van der Waals surface area contributed by atoms with Gasteiger partial charge in [0.1, 0.15) is 0 Å². The number of aliphatic hydroxyl groups is 1. The lowest BCUT2D eigenvalue weighted by Crippen LogP contribution is -2.48. The van der Waals surface area contributed by atoms with E-state index in [1.807, 2.05) is 6.08 Å². The van der Waals surface area contributed by atoms with E-state index in [1.54, 1.807) is 0 Å². The van der Waals surface area contributed by atoms with Crippen molar-refractivity contribution in [1.29, 1.82) is 0 Å². The third-order valence-electron chi connectivity index (χ3n) is 4.89. The molecular weight excluding hydrogens is 234 g/mol. The smallest absolute Gasteiger partial charge is 0.0677 e. The Morgan fingerprint density at radius 1 is 1.00 bits per heavy atom. The first-order valence-electron chi connectivity index (χ1n) is 8.31. The number of piperidine rings is 1. The van der Waals surface area contributed by atoms with Crippen LogP contribution in [0.3, 0.4) is 0 Å². The summed E-state index contributed by atoms with van der Waals surface area (Å²) in [5, 5.41) is 14.3. The Hall–Kier alpha value is -0.340. The third-order valence-corrected chi connectivity index (χ3v) is 4.89. The first-order chi connectivity index (χ1) is 9.22. The fourth-order valence-electron chi connectivity index (χ4n) is 3.88. The molecule has 0 aromatic rings. The Morgan fingerprint density at radius 2 is 1.58 bits per heavy atom. The maximum Gasteiger partial charge on any atom is 0.0677 e. The zero-order valence-electron chi connectivity index (χ0n) is 12.4. The average molecular weight is 265 g/mol. The van der Waals surface area contributed by atoms with E-state index in [0.717, 1.165) is 25.7 Å². The van der Waals surface area contributed by atoms with Gasteiger partial charge in [-0.15, -0.1) is 6.58 Å². The summed E-state index contributed by atoms with van der Waals surface area (Å²) < 4.78 is 0. The van der Waals surface area contributed by atoms with Crippen LogP contribution < -0.4 is 5.32 Å². The summed E-state index contributed by atoms with van der Waals surface area (Å²) in [5.41, 5.74) is -0.347. The lowest BCUT2D eigenvalue weighted by Gasteiger charge is -2.37. The van der Waals surface area contributed by atoms with Crippen molar-refractivity contribution in [3.05, 3.63) is 12.7 Å². The van der Waals surface area contributed by atoms with Crippen molar-refractivity contribution in [3.8, 4) is 0 Å². The lowest BCUT2D eigenvalue weighted by molar-refractivity contribution is -0.0159. The molecule has 0 saturated carbocycles. The van der Waals surface area contributed by atoms with Gasteiger partial charge in [0.2, 0.25) is 0 Å². The number of fused-ring (bicyclic) bond motifs is 2. The van der Waals surface area contributed by atoms with Crippen molar-refractivity contribution < 1.29 is 5.11 Å². The molecular formula is C17H31NO. The van der Waals surface area contributed by atoms with E-state index in [4.69, 9.17) is 0 Å². The quantitative estimate of drug-likeness (QED) is 0.489. The molecule has 2 nitrogen and oxygen atoms in total. The Balaban J connectivity index is 1.52. The molecule has 2 saturated heterocycles. The van der Waals surface area contributed by atoms with E-state index in [1.165, 1.54) is 51.4 Å². The number of hydrogen-bond acceptors (Lipinski definition) is 2. The van der Waals surface area contributed by atoms with Gasteiger partial charge in [0.15, 0.2) is 0 Å². The van der Waals surface area contributed by atoms with Crippen LogP contribution in [-0.4, -0.2) is 22.8 Å². The van der Waals surface area contributed by atoms with Crippen molar-refractivity contribution in [2.75, 3.05) is 0 Å². The Bertz CT molecular complexity index is 264. The second-order valence-electron chi connectivity index (χ2n) is 6.72. The minimum Gasteiger partial charge on any atom is -0.390 e. The molecule has 0 amide bonds. The van der Waals surface area contributed by atoms with E-state index in [-0.39, 0.29) is 5.60 Å². The van der Waals surface area contributed by atoms with Gasteiger partial charge >= 0.3 is 0 Å². The number of unbranched alkanes of at least 4 members (excludes halogenated alkanes) is 6. The molecule has 110 valence electrons. The molecule has 19 heavy (non-hydrogen) atoms. The Morgan fingerprint density at radius 3 is 2.21 bits per heavy atom. The summed E-state index contributed by atoms with van der Waals surface area (Å²) in [6.45, 7) is 3.75. The largest absolute Gasteiger partial charge is 0.390 e. The van der Waals surface area contributed by atoms with Crippen LogP contribution in [0.5, 0.6) is 0 Å². The van der Waals surface area contributed by atoms with Gasteiger partial charge in [-0.2, -0.15) is 0 Å². The molecule has 0 aliphatic carbocycles. The van der Waals surface area contributed by atoms with Crippen molar-refractivity contribution in [1.82, 2.24) is 5.32 Å². The fourth-order valence-corrected chi connectivity index (χ4v) is 3.88. The molecule has 2 rings (SSSR count). The molecule has 2 fully saturated rings. The fraction of sp³-hybridized carbons (Fsp3) is 0.882. The molecule has 2 unspecified atom stereocenters. The first-order valence-corrected chi connectivity index (χ1v) is 8.31. The van der Waals surface area contributed by atoms with Gasteiger partial charge in [0.25, 0.3) is 0 Å². The highest BCUT2D eigenvalue weighted by Crippen LogP contribution is 2.37. The number of allylic oxidation sites excluding steroid dienone is 1. The van der Waals surface area contributed by atoms with Crippen LogP contribution in [0, 0.1) is 0 Å². The lowest BCUT2D eigenvalue weighted by atomic mass is 9.83. The van der Waals surface area contributed by atoms with Gasteiger partial charge in [0, 0.05) is 12.1 Å². The minimum atomic E-state index is -0.347. The van der Waals surface area contributed by atoms with Crippen molar-refractivity contribution in [2.45, 2.75) is 94.7 Å². The molecule has 0 aromatic heterocycles. The molecule has 2 aliphatic rings. The van der Waals surface area contributed by atoms with Crippen LogP contribution in [0.1, 0.15) is 77.0 Å². The van der Waals surface area contributed by atoms with E-state index < -0.39 is 0 Å². The van der Waals surface area contributed by atoms with Gasteiger partial charge in [-0.25, -0.2) is 0 Å². The van der Waals surface area contributed by atoms with Gasteiger partial charge in [0.05, 0.1) is 5.60 Å². The van der Waals surface area contributed by atoms with E-state index in [2.05, 4.69) is 11.9 Å². The average Bonchev–Trinajstić information content (AvgIpc) is 2.73. The predicted molar refractivity (Wildman–Crippen MR) is 81.3 cm³/mol. The van der Waals surface area contributed by atoms with Crippen LogP contribution >= 0.6 is 0 Å². The monoisotopic (exact) mass is 265 g/mol. The van der Waals surface area contributed by atoms with Gasteiger partial charge in [-0.1, -0.05) is 38.2 Å². The topological polar surface area (TPSA) is 32.3 Å². The van der Waals surface area contributed by atoms with Gasteiger partial charge in [-0.05, 0) is 44.9 Å². The molecule has 2 atom stereocenters. The molecule has 0 spiro atoms. The van der Waals surface area contributed by atoms with E-state index in [0.29, 0.717) is 12.1 Å². The number of nitrogens with one attached hydrogen (secondary N) is 1. The number of rotatable bonds is 9. The Labute approximate surface area is 118 Å². The van der Waals surface area contributed by atoms with Crippen molar-refractivity contribution in [3.63, 3.8) is 0 Å². The van der Waals surface area contributed by atoms with Gasteiger partial charge < -0.3 is 10.4 Å². The standard InChI is InChI=1S/C17H31NO/c1-2-3-4-5-6-7-8-9-12-17(19)13-15-10-11-16(14-17)18-15/h2,15-16,18-19H,1,3-14H2. The zero-order valence-corrected chi connectivity index (χ0v) is 12.4. The summed E-state index contributed by atoms with van der Waals surface area (Å²) in [6.07, 6.45) is 16.5. The summed E-state index contributed by atoms with van der Waals surface area (Å²) in [4.78, 5) is 0. The molecule has 2 aliphatic heterocycles. The summed E-state index contributed by atoms with van der Waals surface area (Å²) in [6, 6.07) is 1.20. The molecule has 2 heterocycles. The minimum absolute atomic E-state index is 0.347. The number of hydrogen-bond donors (Lipinski definition) is 2. The van der Waals surface area contributed by atoms with Crippen LogP contribution in [0.4, 0.5) is 0 Å². The maximum atomic E-state index is 10.7. The van der Waals surface area contributed by atoms with E-state index in [9.17, 15) is 5.11 Å². The van der Waals surface area contributed by atoms with Crippen LogP contribution in [-0.2, 0) is 0 Å². The normalized spacial score (nSPS) is 33.5. The maximum absolute atomic E-state index is 10.7. The zero-order chi connectivity index (χ0) is 13.6. The van der Waals surface area contributed by atoms with Crippen LogP contribution in [0.15, 0.2) is 12.7 Å². The molecule has 2 heteroatoms. The molecule has 2 N–H and O–H groups in total. The highest BCUT2D eigenvalue weighted by molar-refractivity contribution is 4.99. The van der Waals surface area contributed by atoms with Crippen molar-refractivity contribution in [2.24, 2.45) is 0 Å². The van der Waals surface area contributed by atoms with E-state index >= 15 is 0 Å². The molecule has 0 aromatic carbocycles. The Kier molecular flexibility index (Phi) is 5.90. The highest BCUT2D eigenvalue weighted by atomic mass is 16.3.